The van der Waals surface area contributed by atoms with Gasteiger partial charge in [0, 0.05) is 30.7 Å². The summed E-state index contributed by atoms with van der Waals surface area (Å²) in [5.41, 5.74) is 4.29. The first-order chi connectivity index (χ1) is 10.8. The van der Waals surface area contributed by atoms with E-state index in [1.54, 1.807) is 0 Å². The van der Waals surface area contributed by atoms with Crippen molar-refractivity contribution in [2.45, 2.75) is 59.4 Å². The monoisotopic (exact) mass is 337 g/mol. The first kappa shape index (κ1) is 17.9. The molecule has 2 aromatic heterocycles. The second-order valence-electron chi connectivity index (χ2n) is 6.32. The van der Waals surface area contributed by atoms with E-state index in [9.17, 15) is 8.42 Å². The van der Waals surface area contributed by atoms with Crippen LogP contribution >= 0.6 is 0 Å². The molecule has 0 N–H and O–H groups in total. The van der Waals surface area contributed by atoms with Crippen molar-refractivity contribution in [3.8, 4) is 0 Å². The molecular formula is C17H27N3O2S. The van der Waals surface area contributed by atoms with Crippen LogP contribution in [-0.2, 0) is 22.8 Å². The van der Waals surface area contributed by atoms with Crippen LogP contribution in [0.15, 0.2) is 6.20 Å². The van der Waals surface area contributed by atoms with Crippen LogP contribution in [0.25, 0.3) is 11.0 Å². The molecule has 0 saturated heterocycles. The van der Waals surface area contributed by atoms with Gasteiger partial charge in [-0.15, -0.1) is 0 Å². The largest absolute Gasteiger partial charge is 0.328 e. The van der Waals surface area contributed by atoms with Crippen molar-refractivity contribution in [3.63, 3.8) is 0 Å². The van der Waals surface area contributed by atoms with Crippen molar-refractivity contribution in [1.29, 1.82) is 0 Å². The summed E-state index contributed by atoms with van der Waals surface area (Å²) in [6.07, 6.45) is 7.88. The Bertz CT molecular complexity index is 779. The van der Waals surface area contributed by atoms with Crippen LogP contribution in [0.3, 0.4) is 0 Å². The SMILES string of the molecule is CCCCc1nc2cnc(C)c(C)c2n1CCCCS(C)(=O)=O. The standard InChI is InChI=1S/C17H27N3O2S/c1-5-6-9-16-19-15-12-18-14(3)13(2)17(15)20(16)10-7-8-11-23(4,21)22/h12H,5-11H2,1-4H3. The van der Waals surface area contributed by atoms with Gasteiger partial charge in [0.05, 0.1) is 11.7 Å². The zero-order valence-electron chi connectivity index (χ0n) is 14.6. The lowest BCUT2D eigenvalue weighted by Gasteiger charge is -2.11. The molecule has 0 aliphatic heterocycles. The van der Waals surface area contributed by atoms with Crippen LogP contribution < -0.4 is 0 Å². The van der Waals surface area contributed by atoms with E-state index in [4.69, 9.17) is 4.98 Å². The lowest BCUT2D eigenvalue weighted by atomic mass is 10.2. The Morgan fingerprint density at radius 1 is 1.17 bits per heavy atom. The van der Waals surface area contributed by atoms with Crippen molar-refractivity contribution in [2.75, 3.05) is 12.0 Å². The van der Waals surface area contributed by atoms with Crippen LogP contribution in [0, 0.1) is 13.8 Å². The zero-order chi connectivity index (χ0) is 17.0. The topological polar surface area (TPSA) is 64.8 Å². The van der Waals surface area contributed by atoms with Gasteiger partial charge >= 0.3 is 0 Å². The summed E-state index contributed by atoms with van der Waals surface area (Å²) in [5.74, 6) is 1.35. The van der Waals surface area contributed by atoms with Gasteiger partial charge in [0.1, 0.15) is 21.2 Å². The number of nitrogens with zero attached hydrogens (tertiary/aromatic N) is 3. The summed E-state index contributed by atoms with van der Waals surface area (Å²) in [7, 11) is -2.88. The van der Waals surface area contributed by atoms with Crippen molar-refractivity contribution < 1.29 is 8.42 Å². The molecule has 0 saturated carbocycles. The molecule has 0 spiro atoms. The van der Waals surface area contributed by atoms with E-state index < -0.39 is 9.84 Å². The third-order valence-electron chi connectivity index (χ3n) is 4.25. The van der Waals surface area contributed by atoms with E-state index in [1.807, 2.05) is 13.1 Å². The van der Waals surface area contributed by atoms with Gasteiger partial charge in [-0.2, -0.15) is 0 Å². The van der Waals surface area contributed by atoms with Crippen LogP contribution in [0.1, 0.15) is 49.7 Å². The molecule has 2 heterocycles. The van der Waals surface area contributed by atoms with E-state index in [2.05, 4.69) is 23.4 Å². The van der Waals surface area contributed by atoms with Gasteiger partial charge in [0.25, 0.3) is 0 Å². The Hall–Kier alpha value is -1.43. The predicted molar refractivity (Wildman–Crippen MR) is 94.6 cm³/mol. The number of fused-ring (bicyclic) bond motifs is 1. The first-order valence-electron chi connectivity index (χ1n) is 8.32. The number of pyridine rings is 1. The van der Waals surface area contributed by atoms with Gasteiger partial charge < -0.3 is 4.57 Å². The molecule has 2 aromatic rings. The smallest absolute Gasteiger partial charge is 0.147 e. The average Bonchev–Trinajstić information content (AvgIpc) is 2.83. The highest BCUT2D eigenvalue weighted by Gasteiger charge is 2.14. The molecule has 0 fully saturated rings. The highest BCUT2D eigenvalue weighted by molar-refractivity contribution is 7.90. The Morgan fingerprint density at radius 3 is 2.57 bits per heavy atom. The third-order valence-corrected chi connectivity index (χ3v) is 5.28. The minimum Gasteiger partial charge on any atom is -0.328 e. The Kier molecular flexibility index (Phi) is 5.79. The highest BCUT2D eigenvalue weighted by Crippen LogP contribution is 2.23. The molecule has 0 radical (unpaired) electrons. The first-order valence-corrected chi connectivity index (χ1v) is 10.4. The summed E-state index contributed by atoms with van der Waals surface area (Å²) in [6.45, 7) is 7.09. The molecule has 0 aliphatic rings. The summed E-state index contributed by atoms with van der Waals surface area (Å²) in [5, 5.41) is 0. The zero-order valence-corrected chi connectivity index (χ0v) is 15.4. The minimum absolute atomic E-state index is 0.253. The van der Waals surface area contributed by atoms with Gasteiger partial charge in [-0.05, 0) is 38.7 Å². The molecule has 0 aromatic carbocycles. The molecular weight excluding hydrogens is 310 g/mol. The number of unbranched alkanes of at least 4 members (excludes halogenated alkanes) is 2. The van der Waals surface area contributed by atoms with Crippen molar-refractivity contribution in [1.82, 2.24) is 14.5 Å². The van der Waals surface area contributed by atoms with Gasteiger partial charge in [-0.25, -0.2) is 13.4 Å². The van der Waals surface area contributed by atoms with Crippen LogP contribution in [0.2, 0.25) is 0 Å². The molecule has 6 heteroatoms. The van der Waals surface area contributed by atoms with E-state index >= 15 is 0 Å². The quantitative estimate of drug-likeness (QED) is 0.694. The van der Waals surface area contributed by atoms with E-state index in [-0.39, 0.29) is 5.75 Å². The number of hydrogen-bond acceptors (Lipinski definition) is 4. The molecule has 0 atom stereocenters. The normalized spacial score (nSPS) is 12.2. The van der Waals surface area contributed by atoms with E-state index in [0.29, 0.717) is 6.42 Å². The van der Waals surface area contributed by atoms with Crippen molar-refractivity contribution in [2.24, 2.45) is 0 Å². The van der Waals surface area contributed by atoms with Gasteiger partial charge in [-0.3, -0.25) is 4.98 Å². The summed E-state index contributed by atoms with van der Waals surface area (Å²) < 4.78 is 24.8. The fraction of sp³-hybridized carbons (Fsp3) is 0.647. The molecule has 0 unspecified atom stereocenters. The van der Waals surface area contributed by atoms with E-state index in [1.165, 1.54) is 11.8 Å². The van der Waals surface area contributed by atoms with E-state index in [0.717, 1.165) is 54.8 Å². The van der Waals surface area contributed by atoms with Crippen LogP contribution in [-0.4, -0.2) is 35.0 Å². The number of rotatable bonds is 8. The summed E-state index contributed by atoms with van der Waals surface area (Å²) in [4.78, 5) is 9.18. The number of imidazole rings is 1. The maximum absolute atomic E-state index is 11.3. The van der Waals surface area contributed by atoms with Crippen LogP contribution in [0.5, 0.6) is 0 Å². The Morgan fingerprint density at radius 2 is 1.91 bits per heavy atom. The molecule has 23 heavy (non-hydrogen) atoms. The van der Waals surface area contributed by atoms with Gasteiger partial charge in [-0.1, -0.05) is 13.3 Å². The fourth-order valence-corrected chi connectivity index (χ4v) is 3.56. The fourth-order valence-electron chi connectivity index (χ4n) is 2.83. The Labute approximate surface area is 139 Å². The lowest BCUT2D eigenvalue weighted by molar-refractivity contribution is 0.581. The lowest BCUT2D eigenvalue weighted by Crippen LogP contribution is -2.08. The molecule has 0 amide bonds. The van der Waals surface area contributed by atoms with Crippen LogP contribution in [0.4, 0.5) is 0 Å². The average molecular weight is 337 g/mol. The highest BCUT2D eigenvalue weighted by atomic mass is 32.2. The second kappa shape index (κ2) is 7.43. The molecule has 128 valence electrons. The summed E-state index contributed by atoms with van der Waals surface area (Å²) >= 11 is 0. The maximum atomic E-state index is 11.3. The van der Waals surface area contributed by atoms with Gasteiger partial charge in [0.2, 0.25) is 0 Å². The predicted octanol–water partition coefficient (Wildman–Crippen LogP) is 3.22. The maximum Gasteiger partial charge on any atom is 0.147 e. The molecule has 5 nitrogen and oxygen atoms in total. The minimum atomic E-state index is -2.88. The summed E-state index contributed by atoms with van der Waals surface area (Å²) in [6, 6.07) is 0. The molecule has 0 bridgehead atoms. The third kappa shape index (κ3) is 4.53. The van der Waals surface area contributed by atoms with Crippen molar-refractivity contribution in [3.05, 3.63) is 23.3 Å². The molecule has 0 aliphatic carbocycles. The number of sulfone groups is 1. The second-order valence-corrected chi connectivity index (χ2v) is 8.58. The number of hydrogen-bond donors (Lipinski definition) is 0. The number of aromatic nitrogens is 3. The molecule has 2 rings (SSSR count). The van der Waals surface area contributed by atoms with Crippen molar-refractivity contribution >= 4 is 20.9 Å². The Balaban J connectivity index is 2.28. The van der Waals surface area contributed by atoms with Gasteiger partial charge in [0.15, 0.2) is 0 Å². The number of aryl methyl sites for hydroxylation is 4.